The summed E-state index contributed by atoms with van der Waals surface area (Å²) in [6.45, 7) is 5.97. The van der Waals surface area contributed by atoms with Gasteiger partial charge in [-0.1, -0.05) is 6.92 Å². The standard InChI is InChI=1S/C6H14N2/c1-3-4-7(2)8-5-6-8/h3-6H2,1-2H3. The maximum absolute atomic E-state index is 2.34. The van der Waals surface area contributed by atoms with Crippen LogP contribution in [0.3, 0.4) is 0 Å². The molecule has 0 amide bonds. The first-order valence-corrected chi connectivity index (χ1v) is 3.30. The molecule has 1 aliphatic heterocycles. The van der Waals surface area contributed by atoms with E-state index in [1.165, 1.54) is 26.1 Å². The van der Waals surface area contributed by atoms with Crippen molar-refractivity contribution in [2.45, 2.75) is 13.3 Å². The van der Waals surface area contributed by atoms with Crippen LogP contribution in [-0.4, -0.2) is 36.7 Å². The second-order valence-electron chi connectivity index (χ2n) is 2.33. The summed E-state index contributed by atoms with van der Waals surface area (Å²) >= 11 is 0. The van der Waals surface area contributed by atoms with Gasteiger partial charge in [0.2, 0.25) is 0 Å². The Hall–Kier alpha value is -0.0800. The molecular weight excluding hydrogens is 100 g/mol. The SMILES string of the molecule is CCCN(C)N1CC1. The lowest BCUT2D eigenvalue weighted by atomic mass is 10.5. The van der Waals surface area contributed by atoms with Gasteiger partial charge in [0.05, 0.1) is 0 Å². The average molecular weight is 114 g/mol. The third-order valence-electron chi connectivity index (χ3n) is 1.45. The lowest BCUT2D eigenvalue weighted by molar-refractivity contribution is 0.126. The van der Waals surface area contributed by atoms with Gasteiger partial charge in [0.15, 0.2) is 0 Å². The van der Waals surface area contributed by atoms with Crippen LogP contribution in [0.2, 0.25) is 0 Å². The second kappa shape index (κ2) is 2.46. The zero-order valence-corrected chi connectivity index (χ0v) is 5.72. The van der Waals surface area contributed by atoms with Crippen molar-refractivity contribution >= 4 is 0 Å². The van der Waals surface area contributed by atoms with E-state index in [0.29, 0.717) is 0 Å². The Balaban J connectivity index is 2.03. The minimum absolute atomic E-state index is 1.21. The van der Waals surface area contributed by atoms with E-state index in [0.717, 1.165) is 0 Å². The van der Waals surface area contributed by atoms with Crippen molar-refractivity contribution in [3.8, 4) is 0 Å². The Morgan fingerprint density at radius 1 is 1.50 bits per heavy atom. The molecule has 0 aromatic heterocycles. The molecule has 0 aromatic rings. The van der Waals surface area contributed by atoms with Crippen molar-refractivity contribution in [1.82, 2.24) is 10.0 Å². The highest BCUT2D eigenvalue weighted by Crippen LogP contribution is 2.06. The third-order valence-corrected chi connectivity index (χ3v) is 1.45. The normalized spacial score (nSPS) is 19.9. The highest BCUT2D eigenvalue weighted by molar-refractivity contribution is 4.67. The van der Waals surface area contributed by atoms with E-state index in [9.17, 15) is 0 Å². The smallest absolute Gasteiger partial charge is 0.0275 e. The fraction of sp³-hybridized carbons (Fsp3) is 1.00. The first kappa shape index (κ1) is 6.05. The first-order valence-electron chi connectivity index (χ1n) is 3.30. The van der Waals surface area contributed by atoms with Crippen LogP contribution < -0.4 is 0 Å². The number of rotatable bonds is 3. The molecule has 1 heterocycles. The molecule has 0 bridgehead atoms. The first-order chi connectivity index (χ1) is 3.84. The molecule has 0 spiro atoms. The lowest BCUT2D eigenvalue weighted by Crippen LogP contribution is -2.25. The van der Waals surface area contributed by atoms with Crippen molar-refractivity contribution < 1.29 is 0 Å². The molecule has 2 nitrogen and oxygen atoms in total. The fourth-order valence-electron chi connectivity index (χ4n) is 0.851. The maximum Gasteiger partial charge on any atom is 0.0275 e. The second-order valence-corrected chi connectivity index (χ2v) is 2.33. The molecule has 1 fully saturated rings. The fourth-order valence-corrected chi connectivity index (χ4v) is 0.851. The van der Waals surface area contributed by atoms with E-state index in [1.807, 2.05) is 0 Å². The third kappa shape index (κ3) is 1.46. The molecule has 48 valence electrons. The topological polar surface area (TPSA) is 6.25 Å². The maximum atomic E-state index is 2.34. The van der Waals surface area contributed by atoms with E-state index in [2.05, 4.69) is 24.0 Å². The monoisotopic (exact) mass is 114 g/mol. The van der Waals surface area contributed by atoms with Gasteiger partial charge in [0, 0.05) is 26.7 Å². The molecule has 1 saturated heterocycles. The van der Waals surface area contributed by atoms with Crippen molar-refractivity contribution in [2.75, 3.05) is 26.7 Å². The quantitative estimate of drug-likeness (QED) is 0.494. The summed E-state index contributed by atoms with van der Waals surface area (Å²) in [5.74, 6) is 0. The number of hydrogen-bond acceptors (Lipinski definition) is 2. The minimum Gasteiger partial charge on any atom is -0.245 e. The molecule has 0 unspecified atom stereocenters. The molecule has 0 N–H and O–H groups in total. The summed E-state index contributed by atoms with van der Waals surface area (Å²) in [6, 6.07) is 0. The zero-order chi connectivity index (χ0) is 5.98. The van der Waals surface area contributed by atoms with Gasteiger partial charge in [-0.05, 0) is 6.42 Å². The number of nitrogens with zero attached hydrogens (tertiary/aromatic N) is 2. The highest BCUT2D eigenvalue weighted by Gasteiger charge is 2.20. The zero-order valence-electron chi connectivity index (χ0n) is 5.72. The Labute approximate surface area is 51.0 Å². The van der Waals surface area contributed by atoms with E-state index in [-0.39, 0.29) is 0 Å². The average Bonchev–Trinajstić information content (AvgIpc) is 2.45. The Morgan fingerprint density at radius 3 is 2.50 bits per heavy atom. The van der Waals surface area contributed by atoms with E-state index in [1.54, 1.807) is 0 Å². The molecule has 8 heavy (non-hydrogen) atoms. The number of hydrogen-bond donors (Lipinski definition) is 0. The molecule has 1 rings (SSSR count). The summed E-state index contributed by atoms with van der Waals surface area (Å²) < 4.78 is 0. The Kier molecular flexibility index (Phi) is 1.86. The van der Waals surface area contributed by atoms with E-state index < -0.39 is 0 Å². The van der Waals surface area contributed by atoms with Crippen molar-refractivity contribution in [3.05, 3.63) is 0 Å². The molecule has 0 atom stereocenters. The van der Waals surface area contributed by atoms with Gasteiger partial charge < -0.3 is 0 Å². The van der Waals surface area contributed by atoms with Crippen LogP contribution in [0.5, 0.6) is 0 Å². The predicted molar refractivity (Wildman–Crippen MR) is 34.5 cm³/mol. The Bertz CT molecular complexity index is 68.9. The van der Waals surface area contributed by atoms with Crippen LogP contribution in [0.25, 0.3) is 0 Å². The van der Waals surface area contributed by atoms with Gasteiger partial charge in [-0.15, -0.1) is 0 Å². The van der Waals surface area contributed by atoms with Gasteiger partial charge >= 0.3 is 0 Å². The van der Waals surface area contributed by atoms with E-state index >= 15 is 0 Å². The summed E-state index contributed by atoms with van der Waals surface area (Å²) in [5, 5.41) is 4.63. The van der Waals surface area contributed by atoms with Gasteiger partial charge in [0.25, 0.3) is 0 Å². The van der Waals surface area contributed by atoms with Gasteiger partial charge in [-0.25, -0.2) is 10.0 Å². The van der Waals surface area contributed by atoms with Gasteiger partial charge in [-0.2, -0.15) is 0 Å². The summed E-state index contributed by atoms with van der Waals surface area (Å²) in [5.41, 5.74) is 0. The van der Waals surface area contributed by atoms with Crippen molar-refractivity contribution in [3.63, 3.8) is 0 Å². The van der Waals surface area contributed by atoms with Crippen LogP contribution in [0, 0.1) is 0 Å². The summed E-state index contributed by atoms with van der Waals surface area (Å²) in [4.78, 5) is 0. The van der Waals surface area contributed by atoms with Crippen LogP contribution >= 0.6 is 0 Å². The lowest BCUT2D eigenvalue weighted by Gasteiger charge is -2.14. The molecular formula is C6H14N2. The Morgan fingerprint density at radius 2 is 2.12 bits per heavy atom. The number of hydrazine groups is 1. The van der Waals surface area contributed by atoms with Crippen LogP contribution in [0.4, 0.5) is 0 Å². The van der Waals surface area contributed by atoms with E-state index in [4.69, 9.17) is 0 Å². The summed E-state index contributed by atoms with van der Waals surface area (Å²) in [7, 11) is 2.15. The van der Waals surface area contributed by atoms with Crippen molar-refractivity contribution in [1.29, 1.82) is 0 Å². The van der Waals surface area contributed by atoms with Crippen LogP contribution in [0.15, 0.2) is 0 Å². The van der Waals surface area contributed by atoms with Crippen molar-refractivity contribution in [2.24, 2.45) is 0 Å². The highest BCUT2D eigenvalue weighted by atomic mass is 15.7. The predicted octanol–water partition coefficient (Wildman–Crippen LogP) is 0.559. The summed E-state index contributed by atoms with van der Waals surface area (Å²) in [6.07, 6.45) is 1.26. The largest absolute Gasteiger partial charge is 0.245 e. The van der Waals surface area contributed by atoms with Gasteiger partial charge in [0.1, 0.15) is 0 Å². The molecule has 1 aliphatic rings. The molecule has 0 aliphatic carbocycles. The van der Waals surface area contributed by atoms with Crippen LogP contribution in [0.1, 0.15) is 13.3 Å². The van der Waals surface area contributed by atoms with Gasteiger partial charge in [-0.3, -0.25) is 0 Å². The van der Waals surface area contributed by atoms with Crippen LogP contribution in [-0.2, 0) is 0 Å². The molecule has 0 saturated carbocycles. The molecule has 0 radical (unpaired) electrons. The molecule has 0 aromatic carbocycles. The molecule has 2 heteroatoms. The minimum atomic E-state index is 1.21.